The van der Waals surface area contributed by atoms with Crippen LogP contribution in [0.25, 0.3) is 5.82 Å². The molecule has 0 saturated carbocycles. The molecule has 0 aliphatic carbocycles. The summed E-state index contributed by atoms with van der Waals surface area (Å²) in [6.45, 7) is 0. The minimum absolute atomic E-state index is 0.102. The van der Waals surface area contributed by atoms with Crippen molar-refractivity contribution in [1.82, 2.24) is 14.8 Å². The third-order valence-corrected chi connectivity index (χ3v) is 3.10. The topological polar surface area (TPSA) is 68.0 Å². The Kier molecular flexibility index (Phi) is 3.06. The molecule has 1 N–H and O–H groups in total. The summed E-state index contributed by atoms with van der Waals surface area (Å²) >= 11 is 6.44. The van der Waals surface area contributed by atoms with Crippen LogP contribution in [0.15, 0.2) is 33.6 Å². The summed E-state index contributed by atoms with van der Waals surface area (Å²) in [4.78, 5) is 14.9. The summed E-state index contributed by atoms with van der Waals surface area (Å²) in [6.07, 6.45) is 2.89. The van der Waals surface area contributed by atoms with E-state index < -0.39 is 5.97 Å². The molecule has 2 aromatic heterocycles. The highest BCUT2D eigenvalue weighted by Crippen LogP contribution is 2.20. The van der Waals surface area contributed by atoms with Crippen molar-refractivity contribution in [2.75, 3.05) is 0 Å². The van der Waals surface area contributed by atoms with E-state index in [1.165, 1.54) is 10.9 Å². The number of hydrogen-bond donors (Lipinski definition) is 1. The van der Waals surface area contributed by atoms with E-state index in [-0.39, 0.29) is 5.56 Å². The third kappa shape index (κ3) is 2.00. The van der Waals surface area contributed by atoms with Gasteiger partial charge in [-0.25, -0.2) is 14.5 Å². The van der Waals surface area contributed by atoms with Crippen LogP contribution < -0.4 is 0 Å². The summed E-state index contributed by atoms with van der Waals surface area (Å²) < 4.78 is 2.63. The highest BCUT2D eigenvalue weighted by molar-refractivity contribution is 9.10. The van der Waals surface area contributed by atoms with Crippen molar-refractivity contribution < 1.29 is 9.90 Å². The molecule has 0 fully saturated rings. The number of carbonyl (C=O) groups is 1. The molecule has 2 aromatic rings. The van der Waals surface area contributed by atoms with Gasteiger partial charge in [-0.15, -0.1) is 0 Å². The molecule has 0 aliphatic heterocycles. The van der Waals surface area contributed by atoms with Crippen LogP contribution in [0.3, 0.4) is 0 Å². The zero-order valence-corrected chi connectivity index (χ0v) is 10.9. The Morgan fingerprint density at radius 3 is 2.56 bits per heavy atom. The quantitative estimate of drug-likeness (QED) is 0.907. The third-order valence-electron chi connectivity index (χ3n) is 1.87. The lowest BCUT2D eigenvalue weighted by Gasteiger charge is -2.01. The summed E-state index contributed by atoms with van der Waals surface area (Å²) in [5.74, 6) is -0.488. The maximum Gasteiger partial charge on any atom is 0.340 e. The fourth-order valence-corrected chi connectivity index (χ4v) is 1.91. The van der Waals surface area contributed by atoms with Gasteiger partial charge < -0.3 is 5.11 Å². The summed E-state index contributed by atoms with van der Waals surface area (Å²) in [5.41, 5.74) is 0.102. The number of nitrogens with zero attached hydrogens (tertiary/aromatic N) is 3. The Morgan fingerprint density at radius 2 is 2.06 bits per heavy atom. The number of aromatic carboxylic acids is 1. The number of pyridine rings is 1. The zero-order chi connectivity index (χ0) is 11.7. The van der Waals surface area contributed by atoms with Crippen LogP contribution in [0.5, 0.6) is 0 Å². The van der Waals surface area contributed by atoms with Gasteiger partial charge in [0.05, 0.1) is 6.20 Å². The summed E-state index contributed by atoms with van der Waals surface area (Å²) in [6, 6.07) is 3.53. The van der Waals surface area contributed by atoms with E-state index in [1.54, 1.807) is 18.3 Å². The lowest BCUT2D eigenvalue weighted by Crippen LogP contribution is -2.01. The molecule has 16 heavy (non-hydrogen) atoms. The molecule has 0 saturated heterocycles. The van der Waals surface area contributed by atoms with E-state index in [4.69, 9.17) is 5.11 Å². The number of aromatic nitrogens is 3. The SMILES string of the molecule is O=C(O)c1cnn(-c2ccc(Br)cn2)c1Br. The van der Waals surface area contributed by atoms with Gasteiger partial charge in [-0.3, -0.25) is 0 Å². The molecule has 0 unspecified atom stereocenters. The van der Waals surface area contributed by atoms with Crippen molar-refractivity contribution in [3.63, 3.8) is 0 Å². The number of carboxylic acids is 1. The molecule has 0 spiro atoms. The summed E-state index contributed by atoms with van der Waals surface area (Å²) in [7, 11) is 0. The molecule has 0 atom stereocenters. The van der Waals surface area contributed by atoms with E-state index in [1.807, 2.05) is 0 Å². The number of halogens is 2. The van der Waals surface area contributed by atoms with Gasteiger partial charge in [-0.05, 0) is 44.0 Å². The molecule has 2 rings (SSSR count). The van der Waals surface area contributed by atoms with E-state index in [2.05, 4.69) is 41.9 Å². The second-order valence-electron chi connectivity index (χ2n) is 2.90. The molecular formula is C9H5Br2N3O2. The second kappa shape index (κ2) is 4.34. The monoisotopic (exact) mass is 345 g/mol. The number of rotatable bonds is 2. The van der Waals surface area contributed by atoms with E-state index in [0.717, 1.165) is 4.47 Å². The molecule has 0 aliphatic rings. The Hall–Kier alpha value is -1.21. The van der Waals surface area contributed by atoms with Crippen LogP contribution in [0.4, 0.5) is 0 Å². The van der Waals surface area contributed by atoms with Crippen molar-refractivity contribution in [2.24, 2.45) is 0 Å². The predicted octanol–water partition coefficient (Wildman–Crippen LogP) is 2.49. The molecule has 0 aromatic carbocycles. The minimum Gasteiger partial charge on any atom is -0.478 e. The predicted molar refractivity (Wildman–Crippen MR) is 63.7 cm³/mol. The van der Waals surface area contributed by atoms with Gasteiger partial charge in [-0.1, -0.05) is 0 Å². The second-order valence-corrected chi connectivity index (χ2v) is 4.57. The Morgan fingerprint density at radius 1 is 1.31 bits per heavy atom. The number of hydrogen-bond acceptors (Lipinski definition) is 3. The Labute approximate surface area is 107 Å². The Balaban J connectivity index is 2.49. The van der Waals surface area contributed by atoms with E-state index in [9.17, 15) is 4.79 Å². The minimum atomic E-state index is -1.03. The first kappa shape index (κ1) is 11.3. The average molecular weight is 347 g/mol. The van der Waals surface area contributed by atoms with Crippen molar-refractivity contribution in [3.8, 4) is 5.82 Å². The lowest BCUT2D eigenvalue weighted by molar-refractivity contribution is 0.0696. The first-order valence-electron chi connectivity index (χ1n) is 4.18. The summed E-state index contributed by atoms with van der Waals surface area (Å²) in [5, 5.41) is 12.8. The average Bonchev–Trinajstić information content (AvgIpc) is 2.61. The molecule has 0 amide bonds. The van der Waals surface area contributed by atoms with Gasteiger partial charge in [0.1, 0.15) is 10.2 Å². The van der Waals surface area contributed by atoms with E-state index >= 15 is 0 Å². The molecule has 7 heteroatoms. The van der Waals surface area contributed by atoms with Gasteiger partial charge >= 0.3 is 5.97 Å². The van der Waals surface area contributed by atoms with Gasteiger partial charge in [0, 0.05) is 10.7 Å². The fourth-order valence-electron chi connectivity index (χ4n) is 1.13. The van der Waals surface area contributed by atoms with Gasteiger partial charge in [0.2, 0.25) is 0 Å². The normalized spacial score (nSPS) is 10.4. The standard InChI is InChI=1S/C9H5Br2N3O2/c10-5-1-2-7(12-3-5)14-8(11)6(4-13-14)9(15)16/h1-4H,(H,15,16). The molecule has 0 radical (unpaired) electrons. The van der Waals surface area contributed by atoms with Crippen molar-refractivity contribution in [2.45, 2.75) is 0 Å². The zero-order valence-electron chi connectivity index (χ0n) is 7.76. The van der Waals surface area contributed by atoms with Crippen LogP contribution in [-0.2, 0) is 0 Å². The van der Waals surface area contributed by atoms with Gasteiger partial charge in [-0.2, -0.15) is 5.10 Å². The number of carboxylic acid groups (broad SMARTS) is 1. The smallest absolute Gasteiger partial charge is 0.340 e. The highest BCUT2D eigenvalue weighted by atomic mass is 79.9. The molecule has 5 nitrogen and oxygen atoms in total. The molecule has 2 heterocycles. The van der Waals surface area contributed by atoms with Crippen molar-refractivity contribution in [3.05, 3.63) is 39.2 Å². The van der Waals surface area contributed by atoms with Gasteiger partial charge in [0.15, 0.2) is 5.82 Å². The van der Waals surface area contributed by atoms with Crippen LogP contribution >= 0.6 is 31.9 Å². The molecule has 0 bridgehead atoms. The van der Waals surface area contributed by atoms with Gasteiger partial charge in [0.25, 0.3) is 0 Å². The molecular weight excluding hydrogens is 342 g/mol. The largest absolute Gasteiger partial charge is 0.478 e. The first-order chi connectivity index (χ1) is 7.59. The molecule has 82 valence electrons. The Bertz CT molecular complexity index is 536. The van der Waals surface area contributed by atoms with E-state index in [0.29, 0.717) is 10.4 Å². The highest BCUT2D eigenvalue weighted by Gasteiger charge is 2.15. The van der Waals surface area contributed by atoms with Crippen LogP contribution in [-0.4, -0.2) is 25.8 Å². The van der Waals surface area contributed by atoms with Crippen LogP contribution in [0.2, 0.25) is 0 Å². The maximum atomic E-state index is 10.8. The van der Waals surface area contributed by atoms with Crippen molar-refractivity contribution in [1.29, 1.82) is 0 Å². The maximum absolute atomic E-state index is 10.8. The van der Waals surface area contributed by atoms with Crippen LogP contribution in [0, 0.1) is 0 Å². The lowest BCUT2D eigenvalue weighted by atomic mass is 10.4. The fraction of sp³-hybridized carbons (Fsp3) is 0. The van der Waals surface area contributed by atoms with Crippen LogP contribution in [0.1, 0.15) is 10.4 Å². The van der Waals surface area contributed by atoms with Crippen molar-refractivity contribution >= 4 is 37.8 Å². The first-order valence-corrected chi connectivity index (χ1v) is 5.77.